The summed E-state index contributed by atoms with van der Waals surface area (Å²) in [5.41, 5.74) is -6.89. The second kappa shape index (κ2) is 14.0. The quantitative estimate of drug-likeness (QED) is 0.0862. The Hall–Kier alpha value is -2.94. The molecule has 6 aromatic carbocycles. The molecule has 0 aliphatic heterocycles. The van der Waals surface area contributed by atoms with E-state index in [0.29, 0.717) is 13.2 Å². The number of rotatable bonds is 13. The van der Waals surface area contributed by atoms with E-state index in [1.165, 1.54) is 0 Å². The monoisotopic (exact) mass is 770 g/mol. The first kappa shape index (κ1) is 33.0. The van der Waals surface area contributed by atoms with Crippen molar-refractivity contribution in [3.8, 4) is 0 Å². The number of hydrogen-bond acceptors (Lipinski definition) is 2. The van der Waals surface area contributed by atoms with Gasteiger partial charge in [0, 0.05) is 0 Å². The van der Waals surface area contributed by atoms with Crippen molar-refractivity contribution in [1.29, 1.82) is 0 Å². The van der Waals surface area contributed by atoms with Crippen molar-refractivity contribution in [2.24, 2.45) is 0 Å². The number of hydrogen-bond donors (Lipinski definition) is 0. The van der Waals surface area contributed by atoms with Gasteiger partial charge in [0.25, 0.3) is 0 Å². The van der Waals surface area contributed by atoms with E-state index >= 15 is 0 Å². The van der Waals surface area contributed by atoms with Gasteiger partial charge < -0.3 is 0 Å². The summed E-state index contributed by atoms with van der Waals surface area (Å²) in [6, 6.07) is 63.7. The number of benzene rings is 6. The summed E-state index contributed by atoms with van der Waals surface area (Å²) in [6.07, 6.45) is 1.65. The van der Waals surface area contributed by atoms with E-state index in [0.717, 1.165) is 44.7 Å². The van der Waals surface area contributed by atoms with Gasteiger partial charge in [-0.25, -0.2) is 0 Å². The van der Waals surface area contributed by atoms with Crippen molar-refractivity contribution >= 4 is 73.9 Å². The maximum absolute atomic E-state index is 7.28. The van der Waals surface area contributed by atoms with E-state index < -0.39 is 11.1 Å². The molecule has 0 aromatic heterocycles. The second-order valence-corrected chi connectivity index (χ2v) is 26.7. The van der Waals surface area contributed by atoms with Gasteiger partial charge in [-0.15, -0.1) is 0 Å². The zero-order valence-corrected chi connectivity index (χ0v) is 30.6. The Labute approximate surface area is 289 Å². The fourth-order valence-electron chi connectivity index (χ4n) is 6.18. The van der Waals surface area contributed by atoms with Crippen LogP contribution in [-0.4, -0.2) is 13.2 Å². The van der Waals surface area contributed by atoms with Crippen LogP contribution in [0.5, 0.6) is 0 Å². The van der Waals surface area contributed by atoms with Crippen LogP contribution >= 0.6 is 42.0 Å². The first-order valence-electron chi connectivity index (χ1n) is 15.6. The molecule has 46 heavy (non-hydrogen) atoms. The molecule has 0 bridgehead atoms. The van der Waals surface area contributed by atoms with Gasteiger partial charge in [-0.3, -0.25) is 0 Å². The molecule has 0 N–H and O–H groups in total. The Morgan fingerprint density at radius 2 is 0.478 bits per heavy atom. The summed E-state index contributed by atoms with van der Waals surface area (Å²) in [5.74, 6) is 0. The standard InChI is InChI=1S/C40H38Br2O2P2/c41-45(35-21-7-1-8-22-35,36-23-9-2-10-24-36,37-25-11-3-12-26-37)43-33-19-20-34-44-46(42,38-27-13-4-14-28-38,39-29-15-5-16-30-39)40-31-17-6-18-32-40/h1-18,21-32H,19-20,33-34H2. The third kappa shape index (κ3) is 5.86. The van der Waals surface area contributed by atoms with Crippen LogP contribution in [0, 0.1) is 0 Å². The topological polar surface area (TPSA) is 18.5 Å². The van der Waals surface area contributed by atoms with E-state index in [1.54, 1.807) is 0 Å². The van der Waals surface area contributed by atoms with Crippen LogP contribution in [0.3, 0.4) is 0 Å². The molecule has 0 fully saturated rings. The predicted octanol–water partition coefficient (Wildman–Crippen LogP) is 9.31. The molecule has 0 aliphatic rings. The predicted molar refractivity (Wildman–Crippen MR) is 209 cm³/mol. The normalized spacial score (nSPS) is 13.6. The van der Waals surface area contributed by atoms with Crippen molar-refractivity contribution in [3.05, 3.63) is 182 Å². The van der Waals surface area contributed by atoms with E-state index in [-0.39, 0.29) is 0 Å². The van der Waals surface area contributed by atoms with Gasteiger partial charge in [-0.05, 0) is 0 Å². The molecule has 234 valence electrons. The number of unbranched alkanes of at least 4 members (excludes halogenated alkanes) is 1. The molecule has 6 rings (SSSR count). The Balaban J connectivity index is 1.31. The third-order valence-corrected chi connectivity index (χ3v) is 25.8. The molecule has 0 spiro atoms. The van der Waals surface area contributed by atoms with Crippen LogP contribution < -0.4 is 31.8 Å². The van der Waals surface area contributed by atoms with Gasteiger partial charge in [0.05, 0.1) is 0 Å². The molecular weight excluding hydrogens is 734 g/mol. The van der Waals surface area contributed by atoms with Crippen molar-refractivity contribution in [2.45, 2.75) is 12.8 Å². The van der Waals surface area contributed by atoms with Gasteiger partial charge in [-0.1, -0.05) is 0 Å². The molecule has 0 saturated carbocycles. The summed E-state index contributed by atoms with van der Waals surface area (Å²) in [7, 11) is 0. The zero-order chi connectivity index (χ0) is 31.8. The van der Waals surface area contributed by atoms with Crippen LogP contribution in [0.2, 0.25) is 0 Å². The third-order valence-electron chi connectivity index (χ3n) is 8.51. The molecule has 0 aliphatic carbocycles. The van der Waals surface area contributed by atoms with E-state index in [9.17, 15) is 0 Å². The average Bonchev–Trinajstić information content (AvgIpc) is 3.15. The van der Waals surface area contributed by atoms with Gasteiger partial charge in [-0.2, -0.15) is 0 Å². The van der Waals surface area contributed by atoms with Gasteiger partial charge in [0.15, 0.2) is 0 Å². The Bertz CT molecular complexity index is 1490. The summed E-state index contributed by atoms with van der Waals surface area (Å²) >= 11 is 8.79. The van der Waals surface area contributed by atoms with Crippen LogP contribution in [0.15, 0.2) is 182 Å². The molecule has 2 nitrogen and oxygen atoms in total. The van der Waals surface area contributed by atoms with E-state index in [4.69, 9.17) is 9.05 Å². The SMILES string of the molecule is BrP(OCCCCOP(Br)(c1ccccc1)(c1ccccc1)c1ccccc1)(c1ccccc1)(c1ccccc1)c1ccccc1. The number of halogens is 2. The minimum absolute atomic E-state index is 0.561. The van der Waals surface area contributed by atoms with Crippen LogP contribution in [0.25, 0.3) is 0 Å². The van der Waals surface area contributed by atoms with Crippen LogP contribution in [-0.2, 0) is 9.05 Å². The molecule has 0 saturated heterocycles. The Kier molecular flexibility index (Phi) is 10.1. The van der Waals surface area contributed by atoms with Gasteiger partial charge >= 0.3 is 291 Å². The zero-order valence-electron chi connectivity index (χ0n) is 25.6. The Morgan fingerprint density at radius 3 is 0.652 bits per heavy atom. The van der Waals surface area contributed by atoms with Crippen molar-refractivity contribution in [1.82, 2.24) is 0 Å². The molecule has 0 atom stereocenters. The fraction of sp³-hybridized carbons (Fsp3) is 0.100. The molecule has 6 heteroatoms. The first-order chi connectivity index (χ1) is 22.5. The average molecular weight is 772 g/mol. The van der Waals surface area contributed by atoms with Crippen molar-refractivity contribution in [3.63, 3.8) is 0 Å². The van der Waals surface area contributed by atoms with Crippen molar-refractivity contribution < 1.29 is 9.05 Å². The van der Waals surface area contributed by atoms with Crippen molar-refractivity contribution in [2.75, 3.05) is 13.2 Å². The van der Waals surface area contributed by atoms with E-state index in [1.807, 2.05) is 0 Å². The van der Waals surface area contributed by atoms with Gasteiger partial charge in [0.1, 0.15) is 0 Å². The van der Waals surface area contributed by atoms with Crippen LogP contribution in [0.1, 0.15) is 12.8 Å². The fourth-order valence-corrected chi connectivity index (χ4v) is 19.2. The van der Waals surface area contributed by atoms with Crippen LogP contribution in [0.4, 0.5) is 0 Å². The summed E-state index contributed by atoms with van der Waals surface area (Å²) in [6.45, 7) is 1.12. The Morgan fingerprint density at radius 1 is 0.304 bits per heavy atom. The summed E-state index contributed by atoms with van der Waals surface area (Å²) in [4.78, 5) is 0. The molecule has 0 radical (unpaired) electrons. The second-order valence-electron chi connectivity index (χ2n) is 11.3. The molecule has 0 unspecified atom stereocenters. The maximum atomic E-state index is 7.28. The molecular formula is C40H38Br2O2P2. The summed E-state index contributed by atoms with van der Waals surface area (Å²) in [5, 5.41) is 6.86. The van der Waals surface area contributed by atoms with E-state index in [2.05, 4.69) is 213 Å². The molecule has 0 heterocycles. The minimum atomic E-state index is -3.44. The van der Waals surface area contributed by atoms with Gasteiger partial charge in [0.2, 0.25) is 0 Å². The summed E-state index contributed by atoms with van der Waals surface area (Å²) < 4.78 is 14.6. The molecule has 0 amide bonds. The first-order valence-corrected chi connectivity index (χ1v) is 23.9. The molecule has 6 aromatic rings.